The van der Waals surface area contributed by atoms with E-state index in [-0.39, 0.29) is 12.1 Å². The topological polar surface area (TPSA) is 38.1 Å². The molecule has 7 rings (SSSR count). The molecule has 200 valence electrons. The van der Waals surface area contributed by atoms with Crippen molar-refractivity contribution in [3.63, 3.8) is 0 Å². The van der Waals surface area contributed by atoms with Gasteiger partial charge in [-0.3, -0.25) is 9.80 Å². The highest BCUT2D eigenvalue weighted by Crippen LogP contribution is 2.40. The zero-order valence-electron chi connectivity index (χ0n) is 23.3. The molecule has 0 bridgehead atoms. The Morgan fingerprint density at radius 2 is 0.825 bits per heavy atom. The van der Waals surface area contributed by atoms with E-state index in [0.717, 1.165) is 26.2 Å². The maximum atomic E-state index is 3.67. The van der Waals surface area contributed by atoms with Crippen LogP contribution in [0.1, 0.15) is 45.7 Å². The number of aromatic amines is 2. The largest absolute Gasteiger partial charge is 0.358 e. The molecule has 2 atom stereocenters. The first-order valence-electron chi connectivity index (χ1n) is 14.4. The van der Waals surface area contributed by atoms with Gasteiger partial charge in [0.15, 0.2) is 0 Å². The van der Waals surface area contributed by atoms with Crippen LogP contribution < -0.4 is 0 Å². The zero-order valence-corrected chi connectivity index (χ0v) is 23.3. The molecule has 4 aromatic carbocycles. The molecule has 2 N–H and O–H groups in total. The van der Waals surface area contributed by atoms with Crippen LogP contribution in [0, 0.1) is 13.8 Å². The lowest BCUT2D eigenvalue weighted by Gasteiger charge is -2.43. The molecule has 0 amide bonds. The number of H-pyrrole nitrogens is 2. The van der Waals surface area contributed by atoms with E-state index >= 15 is 0 Å². The fourth-order valence-electron chi connectivity index (χ4n) is 6.95. The Morgan fingerprint density at radius 3 is 1.23 bits per heavy atom. The van der Waals surface area contributed by atoms with E-state index in [4.69, 9.17) is 0 Å². The van der Waals surface area contributed by atoms with Gasteiger partial charge < -0.3 is 9.97 Å². The van der Waals surface area contributed by atoms with Crippen molar-refractivity contribution in [3.05, 3.63) is 143 Å². The SMILES string of the molecule is Cc1[nH]c2ccccc2c1C(c1ccccc1)N1CCN(C(c2ccccc2)c2c(C)[nH]c3ccccc23)CC1. The third-order valence-corrected chi connectivity index (χ3v) is 8.74. The lowest BCUT2D eigenvalue weighted by Crippen LogP contribution is -2.49. The third-order valence-electron chi connectivity index (χ3n) is 8.74. The summed E-state index contributed by atoms with van der Waals surface area (Å²) >= 11 is 0. The molecular weight excluding hydrogens is 488 g/mol. The number of fused-ring (bicyclic) bond motifs is 2. The van der Waals surface area contributed by atoms with Crippen molar-refractivity contribution in [1.82, 2.24) is 19.8 Å². The molecule has 4 heteroatoms. The number of aromatic nitrogens is 2. The van der Waals surface area contributed by atoms with Crippen molar-refractivity contribution >= 4 is 21.8 Å². The number of aryl methyl sites for hydroxylation is 2. The summed E-state index contributed by atoms with van der Waals surface area (Å²) in [5.41, 5.74) is 10.5. The van der Waals surface area contributed by atoms with E-state index < -0.39 is 0 Å². The molecule has 0 saturated carbocycles. The van der Waals surface area contributed by atoms with E-state index in [9.17, 15) is 0 Å². The van der Waals surface area contributed by atoms with Crippen LogP contribution in [0.15, 0.2) is 109 Å². The average molecular weight is 525 g/mol. The van der Waals surface area contributed by atoms with Crippen molar-refractivity contribution < 1.29 is 0 Å². The fraction of sp³-hybridized carbons (Fsp3) is 0.222. The first-order chi connectivity index (χ1) is 19.7. The summed E-state index contributed by atoms with van der Waals surface area (Å²) in [5, 5.41) is 2.65. The molecule has 2 aromatic heterocycles. The quantitative estimate of drug-likeness (QED) is 0.234. The summed E-state index contributed by atoms with van der Waals surface area (Å²) < 4.78 is 0. The Labute approximate surface area is 236 Å². The van der Waals surface area contributed by atoms with E-state index in [0.29, 0.717) is 0 Å². The van der Waals surface area contributed by atoms with Gasteiger partial charge in [-0.15, -0.1) is 0 Å². The van der Waals surface area contributed by atoms with Gasteiger partial charge >= 0.3 is 0 Å². The van der Waals surface area contributed by atoms with Crippen molar-refractivity contribution in [2.24, 2.45) is 0 Å². The number of nitrogens with one attached hydrogen (secondary N) is 2. The monoisotopic (exact) mass is 524 g/mol. The summed E-state index contributed by atoms with van der Waals surface area (Å²) in [6, 6.07) is 40.0. The highest BCUT2D eigenvalue weighted by atomic mass is 15.3. The van der Waals surface area contributed by atoms with Gasteiger partial charge in [0.2, 0.25) is 0 Å². The van der Waals surface area contributed by atoms with E-state index in [1.54, 1.807) is 0 Å². The molecule has 0 radical (unpaired) electrons. The Morgan fingerprint density at radius 1 is 0.475 bits per heavy atom. The number of hydrogen-bond donors (Lipinski definition) is 2. The molecular formula is C36H36N4. The first-order valence-corrected chi connectivity index (χ1v) is 14.4. The second-order valence-electron chi connectivity index (χ2n) is 11.1. The van der Waals surface area contributed by atoms with Crippen LogP contribution in [-0.2, 0) is 0 Å². The first kappa shape index (κ1) is 24.9. The Balaban J connectivity index is 1.25. The van der Waals surface area contributed by atoms with E-state index in [2.05, 4.69) is 143 Å². The Bertz CT molecular complexity index is 1610. The number of para-hydroxylation sites is 2. The van der Waals surface area contributed by atoms with Crippen LogP contribution in [0.2, 0.25) is 0 Å². The lowest BCUT2D eigenvalue weighted by atomic mass is 9.92. The van der Waals surface area contributed by atoms with Crippen LogP contribution in [0.3, 0.4) is 0 Å². The van der Waals surface area contributed by atoms with Crippen LogP contribution in [0.25, 0.3) is 21.8 Å². The maximum Gasteiger partial charge on any atom is 0.0626 e. The van der Waals surface area contributed by atoms with Crippen molar-refractivity contribution in [3.8, 4) is 0 Å². The number of benzene rings is 4. The van der Waals surface area contributed by atoms with Gasteiger partial charge in [-0.1, -0.05) is 97.1 Å². The van der Waals surface area contributed by atoms with Crippen LogP contribution in [0.5, 0.6) is 0 Å². The second-order valence-corrected chi connectivity index (χ2v) is 11.1. The molecule has 2 unspecified atom stereocenters. The predicted molar refractivity (Wildman–Crippen MR) is 166 cm³/mol. The third kappa shape index (κ3) is 4.34. The Hall–Kier alpha value is -4.12. The molecule has 0 aliphatic carbocycles. The normalized spacial score (nSPS) is 16.4. The highest BCUT2D eigenvalue weighted by Gasteiger charge is 2.34. The summed E-state index contributed by atoms with van der Waals surface area (Å²) in [6.45, 7) is 8.47. The van der Waals surface area contributed by atoms with Gasteiger partial charge in [0.25, 0.3) is 0 Å². The molecule has 1 aliphatic heterocycles. The average Bonchev–Trinajstić information content (AvgIpc) is 3.51. The molecule has 3 heterocycles. The number of piperazine rings is 1. The van der Waals surface area contributed by atoms with Gasteiger partial charge in [-0.25, -0.2) is 0 Å². The maximum absolute atomic E-state index is 3.67. The summed E-state index contributed by atoms with van der Waals surface area (Å²) in [5.74, 6) is 0. The Kier molecular flexibility index (Phi) is 6.51. The summed E-state index contributed by atoms with van der Waals surface area (Å²) in [4.78, 5) is 12.7. The molecule has 40 heavy (non-hydrogen) atoms. The van der Waals surface area contributed by atoms with Crippen molar-refractivity contribution in [2.75, 3.05) is 26.2 Å². The van der Waals surface area contributed by atoms with Gasteiger partial charge in [-0.05, 0) is 37.1 Å². The number of nitrogens with zero attached hydrogens (tertiary/aromatic N) is 2. The van der Waals surface area contributed by atoms with Crippen LogP contribution in [0.4, 0.5) is 0 Å². The molecule has 0 spiro atoms. The minimum atomic E-state index is 0.213. The number of rotatable bonds is 6. The molecule has 1 fully saturated rings. The predicted octanol–water partition coefficient (Wildman–Crippen LogP) is 7.76. The van der Waals surface area contributed by atoms with Gasteiger partial charge in [-0.2, -0.15) is 0 Å². The zero-order chi connectivity index (χ0) is 27.1. The molecule has 1 aliphatic rings. The lowest BCUT2D eigenvalue weighted by molar-refractivity contribution is 0.0902. The molecule has 4 nitrogen and oxygen atoms in total. The second kappa shape index (κ2) is 10.5. The minimum Gasteiger partial charge on any atom is -0.358 e. The molecule has 6 aromatic rings. The number of hydrogen-bond acceptors (Lipinski definition) is 2. The summed E-state index contributed by atoms with van der Waals surface area (Å²) in [6.07, 6.45) is 0. The van der Waals surface area contributed by atoms with E-state index in [1.807, 2.05) is 0 Å². The smallest absolute Gasteiger partial charge is 0.0626 e. The van der Waals surface area contributed by atoms with Crippen LogP contribution in [-0.4, -0.2) is 45.9 Å². The standard InChI is InChI=1S/C36H36N4/c1-25-33(29-17-9-11-19-31(29)37-25)35(27-13-5-3-6-14-27)39-21-23-40(24-22-39)36(28-15-7-4-8-16-28)34-26(2)38-32-20-12-10-18-30(32)34/h3-20,35-38H,21-24H2,1-2H3. The van der Waals surface area contributed by atoms with Gasteiger partial charge in [0.05, 0.1) is 12.1 Å². The minimum absolute atomic E-state index is 0.213. The summed E-state index contributed by atoms with van der Waals surface area (Å²) in [7, 11) is 0. The van der Waals surface area contributed by atoms with Crippen molar-refractivity contribution in [1.29, 1.82) is 0 Å². The fourth-order valence-corrected chi connectivity index (χ4v) is 6.95. The molecule has 1 saturated heterocycles. The van der Waals surface area contributed by atoms with Crippen molar-refractivity contribution in [2.45, 2.75) is 25.9 Å². The van der Waals surface area contributed by atoms with Gasteiger partial charge in [0, 0.05) is 70.5 Å². The van der Waals surface area contributed by atoms with Gasteiger partial charge in [0.1, 0.15) is 0 Å². The van der Waals surface area contributed by atoms with Crippen LogP contribution >= 0.6 is 0 Å². The van der Waals surface area contributed by atoms with E-state index in [1.165, 1.54) is 55.4 Å². The highest BCUT2D eigenvalue weighted by molar-refractivity contribution is 5.86.